The number of benzene rings is 2. The topological polar surface area (TPSA) is 76.1 Å². The molecule has 0 radical (unpaired) electrons. The molecule has 0 aromatic heterocycles. The summed E-state index contributed by atoms with van der Waals surface area (Å²) in [6.07, 6.45) is 0.834. The molecule has 1 saturated carbocycles. The number of rotatable bonds is 5. The predicted octanol–water partition coefficient (Wildman–Crippen LogP) is 2.92. The molecule has 0 spiro atoms. The van der Waals surface area contributed by atoms with Crippen LogP contribution in [0.4, 0.5) is 0 Å². The van der Waals surface area contributed by atoms with E-state index in [0.717, 1.165) is 29.0 Å². The van der Waals surface area contributed by atoms with Crippen molar-refractivity contribution in [2.45, 2.75) is 18.9 Å². The number of ether oxygens (including phenoxy) is 2. The zero-order valence-electron chi connectivity index (χ0n) is 15.1. The van der Waals surface area contributed by atoms with Gasteiger partial charge in [0.1, 0.15) is 13.2 Å². The summed E-state index contributed by atoms with van der Waals surface area (Å²) in [5.41, 5.74) is 2.26. The van der Waals surface area contributed by atoms with Gasteiger partial charge in [0, 0.05) is 19.5 Å². The van der Waals surface area contributed by atoms with Gasteiger partial charge in [-0.2, -0.15) is 0 Å². The molecule has 2 aromatic carbocycles. The van der Waals surface area contributed by atoms with E-state index in [1.807, 2.05) is 18.2 Å². The molecule has 6 heteroatoms. The molecular weight excluding hydrogens is 346 g/mol. The fourth-order valence-corrected chi connectivity index (χ4v) is 3.51. The normalized spacial score (nSPS) is 20.0. The highest BCUT2D eigenvalue weighted by Crippen LogP contribution is 2.50. The van der Waals surface area contributed by atoms with Gasteiger partial charge in [-0.05, 0) is 47.7 Å². The van der Waals surface area contributed by atoms with Gasteiger partial charge in [0.2, 0.25) is 5.91 Å². The molecule has 27 heavy (non-hydrogen) atoms. The van der Waals surface area contributed by atoms with E-state index >= 15 is 0 Å². The Hall–Kier alpha value is -3.02. The first-order valence-corrected chi connectivity index (χ1v) is 8.99. The highest BCUT2D eigenvalue weighted by molar-refractivity contribution is 5.87. The monoisotopic (exact) mass is 367 g/mol. The third kappa shape index (κ3) is 3.60. The molecule has 4 rings (SSSR count). The van der Waals surface area contributed by atoms with E-state index in [0.29, 0.717) is 19.8 Å². The summed E-state index contributed by atoms with van der Waals surface area (Å²) in [5.74, 6) is 0.864. The second-order valence-electron chi connectivity index (χ2n) is 7.05. The van der Waals surface area contributed by atoms with Crippen molar-refractivity contribution in [3.05, 3.63) is 59.2 Å². The maximum Gasteiger partial charge on any atom is 0.335 e. The number of aromatic carboxylic acids is 1. The Bertz CT molecular complexity index is 877. The molecular formula is C21H21NO5. The Kier molecular flexibility index (Phi) is 4.48. The van der Waals surface area contributed by atoms with Crippen LogP contribution in [-0.2, 0) is 11.3 Å². The molecule has 6 nitrogen and oxygen atoms in total. The van der Waals surface area contributed by atoms with E-state index in [4.69, 9.17) is 14.6 Å². The molecule has 1 heterocycles. The standard InChI is InChI=1S/C21H21NO5/c1-22(12-13-2-4-14(5-3-13)21(24)25)20(23)17-11-16(17)15-6-7-18-19(10-15)27-9-8-26-18/h2-7,10,16-17H,8-9,11-12H2,1H3,(H,24,25). The molecule has 1 amide bonds. The number of amides is 1. The SMILES string of the molecule is CN(Cc1ccc(C(=O)O)cc1)C(=O)C1CC1c1ccc2c(c1)OCCO2. The van der Waals surface area contributed by atoms with Crippen molar-refractivity contribution in [2.75, 3.05) is 20.3 Å². The minimum atomic E-state index is -0.953. The molecule has 1 N–H and O–H groups in total. The van der Waals surface area contributed by atoms with Gasteiger partial charge in [-0.25, -0.2) is 4.79 Å². The fourth-order valence-electron chi connectivity index (χ4n) is 3.51. The van der Waals surface area contributed by atoms with E-state index in [-0.39, 0.29) is 23.3 Å². The average molecular weight is 367 g/mol. The second kappa shape index (κ2) is 6.95. The van der Waals surface area contributed by atoms with Gasteiger partial charge in [-0.1, -0.05) is 18.2 Å². The smallest absolute Gasteiger partial charge is 0.335 e. The van der Waals surface area contributed by atoms with Crippen molar-refractivity contribution in [2.24, 2.45) is 5.92 Å². The van der Waals surface area contributed by atoms with Crippen LogP contribution in [0.25, 0.3) is 0 Å². The molecule has 2 aliphatic rings. The maximum atomic E-state index is 12.7. The highest BCUT2D eigenvalue weighted by atomic mass is 16.6. The number of hydrogen-bond donors (Lipinski definition) is 1. The molecule has 1 fully saturated rings. The van der Waals surface area contributed by atoms with Crippen molar-refractivity contribution in [1.29, 1.82) is 0 Å². The summed E-state index contributed by atoms with van der Waals surface area (Å²) in [6.45, 7) is 1.57. The molecule has 2 aromatic rings. The van der Waals surface area contributed by atoms with Crippen molar-refractivity contribution in [3.63, 3.8) is 0 Å². The van der Waals surface area contributed by atoms with Gasteiger partial charge in [0.05, 0.1) is 5.56 Å². The fraction of sp³-hybridized carbons (Fsp3) is 0.333. The van der Waals surface area contributed by atoms with Crippen LogP contribution in [0, 0.1) is 5.92 Å². The van der Waals surface area contributed by atoms with Gasteiger partial charge in [0.25, 0.3) is 0 Å². The summed E-state index contributed by atoms with van der Waals surface area (Å²) >= 11 is 0. The zero-order valence-corrected chi connectivity index (χ0v) is 15.1. The summed E-state index contributed by atoms with van der Waals surface area (Å²) in [7, 11) is 1.78. The van der Waals surface area contributed by atoms with Crippen molar-refractivity contribution < 1.29 is 24.2 Å². The summed E-state index contributed by atoms with van der Waals surface area (Å²) in [6, 6.07) is 12.5. The average Bonchev–Trinajstić information content (AvgIpc) is 3.48. The Morgan fingerprint density at radius 1 is 1.07 bits per heavy atom. The molecule has 1 aliphatic heterocycles. The number of carboxylic acid groups (broad SMARTS) is 1. The van der Waals surface area contributed by atoms with E-state index < -0.39 is 5.97 Å². The molecule has 0 saturated heterocycles. The first-order chi connectivity index (χ1) is 13.0. The molecule has 1 aliphatic carbocycles. The van der Waals surface area contributed by atoms with Crippen LogP contribution in [0.3, 0.4) is 0 Å². The summed E-state index contributed by atoms with van der Waals surface area (Å²) in [5, 5.41) is 8.96. The minimum Gasteiger partial charge on any atom is -0.486 e. The van der Waals surface area contributed by atoms with Gasteiger partial charge >= 0.3 is 5.97 Å². The van der Waals surface area contributed by atoms with Crippen LogP contribution in [0.15, 0.2) is 42.5 Å². The number of fused-ring (bicyclic) bond motifs is 1. The largest absolute Gasteiger partial charge is 0.486 e. The summed E-state index contributed by atoms with van der Waals surface area (Å²) < 4.78 is 11.2. The lowest BCUT2D eigenvalue weighted by Crippen LogP contribution is -2.28. The van der Waals surface area contributed by atoms with Crippen LogP contribution in [-0.4, -0.2) is 42.1 Å². The molecule has 140 valence electrons. The lowest BCUT2D eigenvalue weighted by atomic mass is 10.1. The van der Waals surface area contributed by atoms with Gasteiger partial charge in [-0.3, -0.25) is 4.79 Å². The van der Waals surface area contributed by atoms with E-state index in [9.17, 15) is 9.59 Å². The molecule has 0 bridgehead atoms. The first-order valence-electron chi connectivity index (χ1n) is 8.99. The third-order valence-electron chi connectivity index (χ3n) is 5.10. The quantitative estimate of drug-likeness (QED) is 0.879. The number of carbonyl (C=O) groups excluding carboxylic acids is 1. The van der Waals surface area contributed by atoms with Crippen molar-refractivity contribution >= 4 is 11.9 Å². The Morgan fingerprint density at radius 3 is 2.48 bits per heavy atom. The van der Waals surface area contributed by atoms with E-state index in [1.165, 1.54) is 0 Å². The second-order valence-corrected chi connectivity index (χ2v) is 7.05. The van der Waals surface area contributed by atoms with E-state index in [2.05, 4.69) is 0 Å². The molecule has 2 atom stereocenters. The van der Waals surface area contributed by atoms with E-state index in [1.54, 1.807) is 36.2 Å². The lowest BCUT2D eigenvalue weighted by Gasteiger charge is -2.19. The number of hydrogen-bond acceptors (Lipinski definition) is 4. The number of nitrogens with zero attached hydrogens (tertiary/aromatic N) is 1. The zero-order chi connectivity index (χ0) is 19.0. The van der Waals surface area contributed by atoms with Crippen LogP contribution in [0.1, 0.15) is 33.8 Å². The predicted molar refractivity (Wildman–Crippen MR) is 98.2 cm³/mol. The molecule has 2 unspecified atom stereocenters. The Labute approximate surface area is 157 Å². The van der Waals surface area contributed by atoms with Crippen LogP contribution >= 0.6 is 0 Å². The van der Waals surface area contributed by atoms with Crippen molar-refractivity contribution in [1.82, 2.24) is 4.90 Å². The number of carbonyl (C=O) groups is 2. The minimum absolute atomic E-state index is 0.0177. The maximum absolute atomic E-state index is 12.7. The van der Waals surface area contributed by atoms with Crippen LogP contribution in [0.5, 0.6) is 11.5 Å². The van der Waals surface area contributed by atoms with Crippen LogP contribution in [0.2, 0.25) is 0 Å². The van der Waals surface area contributed by atoms with Crippen molar-refractivity contribution in [3.8, 4) is 11.5 Å². The first kappa shape index (κ1) is 17.4. The lowest BCUT2D eigenvalue weighted by molar-refractivity contribution is -0.131. The number of carboxylic acids is 1. The van der Waals surface area contributed by atoms with Gasteiger partial charge < -0.3 is 19.5 Å². The Morgan fingerprint density at radius 2 is 1.78 bits per heavy atom. The highest BCUT2D eigenvalue weighted by Gasteiger charge is 2.45. The Balaban J connectivity index is 1.38. The van der Waals surface area contributed by atoms with Crippen LogP contribution < -0.4 is 9.47 Å². The van der Waals surface area contributed by atoms with Gasteiger partial charge in [0.15, 0.2) is 11.5 Å². The third-order valence-corrected chi connectivity index (χ3v) is 5.10. The van der Waals surface area contributed by atoms with Gasteiger partial charge in [-0.15, -0.1) is 0 Å². The summed E-state index contributed by atoms with van der Waals surface area (Å²) in [4.78, 5) is 25.4.